The Morgan fingerprint density at radius 2 is 1.13 bits per heavy atom. The van der Waals surface area contributed by atoms with Gasteiger partial charge >= 0.3 is 0 Å². The molecule has 204 valence electrons. The second kappa shape index (κ2) is 10.5. The molecule has 10 nitrogen and oxygen atoms in total. The number of ether oxygens (including phenoxy) is 1. The molecule has 0 radical (unpaired) electrons. The first-order chi connectivity index (χ1) is 18.3. The summed E-state index contributed by atoms with van der Waals surface area (Å²) < 4.78 is 7.33. The van der Waals surface area contributed by atoms with Gasteiger partial charge in [0.2, 0.25) is 0 Å². The minimum Gasteiger partial charge on any atom is -0.378 e. The van der Waals surface area contributed by atoms with Crippen molar-refractivity contribution in [2.24, 2.45) is 20.0 Å². The molecule has 4 aromatic rings. The molecule has 1 saturated heterocycles. The molecule has 39 heavy (non-hydrogen) atoms. The molecule has 2 aromatic heterocycles. The van der Waals surface area contributed by atoms with Crippen LogP contribution in [0, 0.1) is 12.8 Å². The summed E-state index contributed by atoms with van der Waals surface area (Å²) in [6.45, 7) is 7.26. The fourth-order valence-corrected chi connectivity index (χ4v) is 4.70. The van der Waals surface area contributed by atoms with Gasteiger partial charge in [0, 0.05) is 27.7 Å². The Kier molecular flexibility index (Phi) is 7.52. The molecule has 0 aliphatic carbocycles. The van der Waals surface area contributed by atoms with Gasteiger partial charge in [-0.05, 0) is 56.9 Å². The highest BCUT2D eigenvalue weighted by atomic mass is 16.5. The van der Waals surface area contributed by atoms with E-state index in [-0.39, 0.29) is 33.4 Å². The van der Waals surface area contributed by atoms with Gasteiger partial charge in [0.1, 0.15) is 0 Å². The molecule has 2 amide bonds. The third kappa shape index (κ3) is 4.99. The monoisotopic (exact) mass is 533 g/mol. The summed E-state index contributed by atoms with van der Waals surface area (Å²) in [7, 11) is 4.23. The standard InChI is InChI=1S/C12H8N2O4.C10H9NO2.C7H14O/c1-13-9(15)5-3-7-8(4-6(5)10(13)16)12(18)14(2)11(7)17;1-6-3-4-7-8(5-6)10(13)11(2)9(7)12;1-6-3-4-7(2)8-5-6/h3-4H,1-2H3;3-5H,1-2H3;6-7H,3-5H2,1-2H3. The van der Waals surface area contributed by atoms with Gasteiger partial charge in [-0.2, -0.15) is 0 Å². The van der Waals surface area contributed by atoms with Gasteiger partial charge in [0.25, 0.3) is 34.1 Å². The van der Waals surface area contributed by atoms with Crippen LogP contribution in [0.3, 0.4) is 0 Å². The normalized spacial score (nSPS) is 18.6. The van der Waals surface area contributed by atoms with Crippen molar-refractivity contribution in [2.45, 2.75) is 39.7 Å². The van der Waals surface area contributed by atoms with Gasteiger partial charge in [-0.3, -0.25) is 42.8 Å². The van der Waals surface area contributed by atoms with E-state index in [0.29, 0.717) is 17.2 Å². The van der Waals surface area contributed by atoms with E-state index in [1.165, 1.54) is 46.1 Å². The molecule has 0 N–H and O–H groups in total. The van der Waals surface area contributed by atoms with Gasteiger partial charge in [-0.25, -0.2) is 0 Å². The minimum atomic E-state index is -0.451. The molecule has 0 bridgehead atoms. The Morgan fingerprint density at radius 3 is 1.54 bits per heavy atom. The molecule has 1 fully saturated rings. The number of carbonyl (C=O) groups excluding carboxylic acids is 2. The largest absolute Gasteiger partial charge is 0.378 e. The van der Waals surface area contributed by atoms with E-state index >= 15 is 0 Å². The Bertz CT molecular complexity index is 1650. The molecule has 2 aromatic carbocycles. The first-order valence-corrected chi connectivity index (χ1v) is 12.7. The average Bonchev–Trinajstić information content (AvgIpc) is 3.37. The van der Waals surface area contributed by atoms with E-state index in [0.717, 1.165) is 32.1 Å². The molecule has 2 unspecified atom stereocenters. The van der Waals surface area contributed by atoms with Crippen LogP contribution in [0.5, 0.6) is 0 Å². The fourth-order valence-electron chi connectivity index (χ4n) is 4.70. The predicted molar refractivity (Wildman–Crippen MR) is 148 cm³/mol. The molecule has 4 heterocycles. The lowest BCUT2D eigenvalue weighted by Gasteiger charge is -2.23. The maximum Gasteiger partial charge on any atom is 0.261 e. The number of fused-ring (bicyclic) bond motifs is 3. The summed E-state index contributed by atoms with van der Waals surface area (Å²) in [4.78, 5) is 71.1. The number of aryl methyl sites for hydroxylation is 1. The number of benzene rings is 2. The number of aromatic nitrogens is 2. The second-order valence-electron chi connectivity index (χ2n) is 10.3. The number of nitrogens with zero attached hydrogens (tertiary/aromatic N) is 3. The molecule has 0 spiro atoms. The number of amides is 2. The van der Waals surface area contributed by atoms with Crippen LogP contribution in [0.2, 0.25) is 0 Å². The summed E-state index contributed by atoms with van der Waals surface area (Å²) >= 11 is 0. The fraction of sp³-hybridized carbons (Fsp3) is 0.379. The molecule has 2 atom stereocenters. The molecule has 6 rings (SSSR count). The number of carbonyl (C=O) groups is 2. The summed E-state index contributed by atoms with van der Waals surface area (Å²) in [5, 5.41) is 0.714. The SMILES string of the molecule is CC1CCC(C)OC1.Cc1ccc2c(c1)C(=O)N(C)C2=O.Cn1c(=O)c2cc3c(=O)n(C)c(=O)c3cc2c1=O. The van der Waals surface area contributed by atoms with Gasteiger partial charge in [0.15, 0.2) is 0 Å². The highest BCUT2D eigenvalue weighted by Crippen LogP contribution is 2.22. The number of hydrogen-bond acceptors (Lipinski definition) is 7. The van der Waals surface area contributed by atoms with Crippen LogP contribution >= 0.6 is 0 Å². The molecule has 10 heteroatoms. The Labute approximate surface area is 223 Å². The third-order valence-corrected chi connectivity index (χ3v) is 7.27. The van der Waals surface area contributed by atoms with Crippen molar-refractivity contribution in [1.82, 2.24) is 14.0 Å². The van der Waals surface area contributed by atoms with Crippen molar-refractivity contribution in [1.29, 1.82) is 0 Å². The molecule has 0 saturated carbocycles. The number of rotatable bonds is 0. The lowest BCUT2D eigenvalue weighted by Crippen LogP contribution is -2.24. The zero-order valence-corrected chi connectivity index (χ0v) is 22.9. The summed E-state index contributed by atoms with van der Waals surface area (Å²) in [6, 6.07) is 7.95. The van der Waals surface area contributed by atoms with E-state index in [2.05, 4.69) is 13.8 Å². The van der Waals surface area contributed by atoms with E-state index in [9.17, 15) is 28.8 Å². The van der Waals surface area contributed by atoms with Crippen molar-refractivity contribution < 1.29 is 14.3 Å². The van der Waals surface area contributed by atoms with Crippen LogP contribution in [-0.2, 0) is 18.8 Å². The predicted octanol–water partition coefficient (Wildman–Crippen LogP) is 2.03. The number of hydrogen-bond donors (Lipinski definition) is 0. The topological polar surface area (TPSA) is 125 Å². The van der Waals surface area contributed by atoms with E-state index in [1.807, 2.05) is 13.0 Å². The average molecular weight is 534 g/mol. The van der Waals surface area contributed by atoms with Crippen LogP contribution in [0.1, 0.15) is 53.0 Å². The zero-order chi connectivity index (χ0) is 28.8. The quantitative estimate of drug-likeness (QED) is 0.317. The highest BCUT2D eigenvalue weighted by Gasteiger charge is 2.32. The van der Waals surface area contributed by atoms with Crippen molar-refractivity contribution >= 4 is 33.4 Å². The Balaban J connectivity index is 0.000000147. The van der Waals surface area contributed by atoms with E-state index in [1.54, 1.807) is 12.1 Å². The lowest BCUT2D eigenvalue weighted by molar-refractivity contribution is 0.000265. The smallest absolute Gasteiger partial charge is 0.261 e. The lowest BCUT2D eigenvalue weighted by atomic mass is 10.0. The molecule has 2 aliphatic heterocycles. The molecular weight excluding hydrogens is 502 g/mol. The third-order valence-electron chi connectivity index (χ3n) is 7.27. The van der Waals surface area contributed by atoms with Gasteiger partial charge in [-0.15, -0.1) is 0 Å². The van der Waals surface area contributed by atoms with Crippen molar-refractivity contribution in [3.05, 3.63) is 88.4 Å². The van der Waals surface area contributed by atoms with Gasteiger partial charge in [-0.1, -0.05) is 18.6 Å². The molecule has 2 aliphatic rings. The highest BCUT2D eigenvalue weighted by molar-refractivity contribution is 6.21. The second-order valence-corrected chi connectivity index (χ2v) is 10.3. The van der Waals surface area contributed by atoms with Crippen LogP contribution in [0.15, 0.2) is 49.5 Å². The van der Waals surface area contributed by atoms with Crippen LogP contribution < -0.4 is 22.2 Å². The first-order valence-electron chi connectivity index (χ1n) is 12.7. The van der Waals surface area contributed by atoms with Crippen molar-refractivity contribution in [3.63, 3.8) is 0 Å². The van der Waals surface area contributed by atoms with Crippen LogP contribution in [-0.4, -0.2) is 45.6 Å². The van der Waals surface area contributed by atoms with Gasteiger partial charge in [0.05, 0.1) is 38.8 Å². The Morgan fingerprint density at radius 1 is 0.667 bits per heavy atom. The number of imide groups is 1. The zero-order valence-electron chi connectivity index (χ0n) is 22.9. The van der Waals surface area contributed by atoms with Crippen molar-refractivity contribution in [3.8, 4) is 0 Å². The van der Waals surface area contributed by atoms with Crippen molar-refractivity contribution in [2.75, 3.05) is 13.7 Å². The minimum absolute atomic E-state index is 0.178. The van der Waals surface area contributed by atoms with E-state index < -0.39 is 22.2 Å². The summed E-state index contributed by atoms with van der Waals surface area (Å²) in [6.07, 6.45) is 3.12. The van der Waals surface area contributed by atoms with Crippen LogP contribution in [0.4, 0.5) is 0 Å². The maximum absolute atomic E-state index is 11.8. The van der Waals surface area contributed by atoms with Gasteiger partial charge < -0.3 is 4.74 Å². The summed E-state index contributed by atoms with van der Waals surface area (Å²) in [5.74, 6) is 0.384. The first kappa shape index (κ1) is 27.8. The summed E-state index contributed by atoms with van der Waals surface area (Å²) in [5.41, 5.74) is 0.223. The molecular formula is C29H31N3O7. The van der Waals surface area contributed by atoms with E-state index in [4.69, 9.17) is 4.74 Å². The maximum atomic E-state index is 11.8. The van der Waals surface area contributed by atoms with Crippen LogP contribution in [0.25, 0.3) is 21.5 Å². The Hall–Kier alpha value is -4.18.